The van der Waals surface area contributed by atoms with Gasteiger partial charge in [-0.25, -0.2) is 4.39 Å². The maximum Gasteiger partial charge on any atom is 0.165 e. The Kier molecular flexibility index (Phi) is 3.35. The zero-order chi connectivity index (χ0) is 12.6. The minimum absolute atomic E-state index is 0.0197. The van der Waals surface area contributed by atoms with Crippen LogP contribution in [0.5, 0.6) is 5.75 Å². The van der Waals surface area contributed by atoms with Gasteiger partial charge < -0.3 is 4.74 Å². The molecule has 17 heavy (non-hydrogen) atoms. The van der Waals surface area contributed by atoms with Crippen molar-refractivity contribution in [1.82, 2.24) is 0 Å². The fourth-order valence-corrected chi connectivity index (χ4v) is 2.71. The summed E-state index contributed by atoms with van der Waals surface area (Å²) < 4.78 is 19.4. The Morgan fingerprint density at radius 1 is 1.53 bits per heavy atom. The molecule has 1 nitrogen and oxygen atoms in total. The third-order valence-electron chi connectivity index (χ3n) is 3.99. The topological polar surface area (TPSA) is 9.23 Å². The lowest BCUT2D eigenvalue weighted by atomic mass is 9.65. The zero-order valence-electron chi connectivity index (χ0n) is 10.5. The monoisotopic (exact) mass is 256 g/mol. The van der Waals surface area contributed by atoms with Crippen LogP contribution >= 0.6 is 11.6 Å². The molecule has 1 aliphatic rings. The van der Waals surface area contributed by atoms with E-state index >= 15 is 0 Å². The Balaban J connectivity index is 2.14. The molecule has 1 fully saturated rings. The molecule has 0 amide bonds. The lowest BCUT2D eigenvalue weighted by molar-refractivity contribution is -0.0315. The molecule has 0 aliphatic heterocycles. The number of halogens is 2. The summed E-state index contributed by atoms with van der Waals surface area (Å²) in [6.07, 6.45) is 1.75. The van der Waals surface area contributed by atoms with Crippen molar-refractivity contribution >= 4 is 11.6 Å². The number of hydrogen-bond donors (Lipinski definition) is 0. The SMILES string of the molecule is CCC1(C)C(Cl)CC1Oc1cc(C)ccc1F. The molecule has 0 aromatic heterocycles. The first kappa shape index (κ1) is 12.7. The lowest BCUT2D eigenvalue weighted by Crippen LogP contribution is -2.55. The standard InChI is InChI=1S/C14H18ClFO/c1-4-14(3)12(15)8-13(14)17-11-7-9(2)5-6-10(11)16/h5-7,12-13H,4,8H2,1-3H3. The molecule has 1 aliphatic carbocycles. The molecule has 1 saturated carbocycles. The highest BCUT2D eigenvalue weighted by Gasteiger charge is 2.51. The molecule has 3 unspecified atom stereocenters. The van der Waals surface area contributed by atoms with Crippen molar-refractivity contribution < 1.29 is 9.13 Å². The second kappa shape index (κ2) is 4.49. The summed E-state index contributed by atoms with van der Waals surface area (Å²) in [5, 5.41) is 0.130. The summed E-state index contributed by atoms with van der Waals surface area (Å²) in [5.74, 6) is 0.0466. The van der Waals surface area contributed by atoms with Crippen LogP contribution < -0.4 is 4.74 Å². The van der Waals surface area contributed by atoms with Gasteiger partial charge in [0.15, 0.2) is 11.6 Å². The third kappa shape index (κ3) is 2.15. The first-order valence-corrected chi connectivity index (χ1v) is 6.48. The maximum atomic E-state index is 13.6. The number of aryl methyl sites for hydroxylation is 1. The Morgan fingerprint density at radius 2 is 2.24 bits per heavy atom. The highest BCUT2D eigenvalue weighted by Crippen LogP contribution is 2.49. The molecule has 94 valence electrons. The van der Waals surface area contributed by atoms with Crippen LogP contribution in [0.3, 0.4) is 0 Å². The van der Waals surface area contributed by atoms with Crippen LogP contribution in [-0.2, 0) is 0 Å². The van der Waals surface area contributed by atoms with Gasteiger partial charge in [-0.05, 0) is 31.0 Å². The van der Waals surface area contributed by atoms with Crippen molar-refractivity contribution in [3.8, 4) is 5.75 Å². The van der Waals surface area contributed by atoms with Crippen LogP contribution in [0.2, 0.25) is 0 Å². The van der Waals surface area contributed by atoms with Gasteiger partial charge >= 0.3 is 0 Å². The Labute approximate surface area is 107 Å². The molecule has 0 heterocycles. The minimum Gasteiger partial charge on any atom is -0.487 e. The molecule has 3 atom stereocenters. The summed E-state index contributed by atoms with van der Waals surface area (Å²) in [5.41, 5.74) is 0.957. The van der Waals surface area contributed by atoms with E-state index in [9.17, 15) is 4.39 Å². The van der Waals surface area contributed by atoms with Crippen LogP contribution in [-0.4, -0.2) is 11.5 Å². The van der Waals surface area contributed by atoms with Gasteiger partial charge in [-0.15, -0.1) is 11.6 Å². The third-order valence-corrected chi connectivity index (χ3v) is 4.67. The fourth-order valence-electron chi connectivity index (χ4n) is 2.25. The lowest BCUT2D eigenvalue weighted by Gasteiger charge is -2.50. The second-order valence-corrected chi connectivity index (χ2v) is 5.63. The van der Waals surface area contributed by atoms with E-state index in [0.717, 1.165) is 18.4 Å². The van der Waals surface area contributed by atoms with Gasteiger partial charge in [0.2, 0.25) is 0 Å². The zero-order valence-corrected chi connectivity index (χ0v) is 11.2. The van der Waals surface area contributed by atoms with E-state index in [0.29, 0.717) is 5.75 Å². The number of ether oxygens (including phenoxy) is 1. The van der Waals surface area contributed by atoms with Crippen molar-refractivity contribution in [3.05, 3.63) is 29.6 Å². The van der Waals surface area contributed by atoms with Gasteiger partial charge in [0.1, 0.15) is 6.10 Å². The van der Waals surface area contributed by atoms with E-state index < -0.39 is 0 Å². The minimum atomic E-state index is -0.299. The molecule has 3 heteroatoms. The van der Waals surface area contributed by atoms with E-state index in [2.05, 4.69) is 13.8 Å². The van der Waals surface area contributed by atoms with Crippen LogP contribution in [0.25, 0.3) is 0 Å². The highest BCUT2D eigenvalue weighted by atomic mass is 35.5. The Morgan fingerprint density at radius 3 is 2.82 bits per heavy atom. The van der Waals surface area contributed by atoms with Crippen LogP contribution in [0.1, 0.15) is 32.3 Å². The number of hydrogen-bond acceptors (Lipinski definition) is 1. The quantitative estimate of drug-likeness (QED) is 0.733. The van der Waals surface area contributed by atoms with Gasteiger partial charge in [0, 0.05) is 17.2 Å². The van der Waals surface area contributed by atoms with E-state index in [4.69, 9.17) is 16.3 Å². The van der Waals surface area contributed by atoms with Crippen molar-refractivity contribution in [1.29, 1.82) is 0 Å². The Hall–Kier alpha value is -0.760. The van der Waals surface area contributed by atoms with E-state index in [1.54, 1.807) is 12.1 Å². The molecule has 0 radical (unpaired) electrons. The predicted molar refractivity (Wildman–Crippen MR) is 68.2 cm³/mol. The largest absolute Gasteiger partial charge is 0.487 e. The van der Waals surface area contributed by atoms with Gasteiger partial charge in [0.25, 0.3) is 0 Å². The van der Waals surface area contributed by atoms with Crippen molar-refractivity contribution in [3.63, 3.8) is 0 Å². The van der Waals surface area contributed by atoms with Gasteiger partial charge in [-0.2, -0.15) is 0 Å². The van der Waals surface area contributed by atoms with E-state index in [-0.39, 0.29) is 22.7 Å². The van der Waals surface area contributed by atoms with Crippen molar-refractivity contribution in [2.45, 2.75) is 45.1 Å². The smallest absolute Gasteiger partial charge is 0.165 e. The maximum absolute atomic E-state index is 13.6. The fraction of sp³-hybridized carbons (Fsp3) is 0.571. The molecular formula is C14H18ClFO. The predicted octanol–water partition coefficient (Wildman–Crippen LogP) is 4.31. The number of benzene rings is 1. The van der Waals surface area contributed by atoms with Crippen molar-refractivity contribution in [2.24, 2.45) is 5.41 Å². The van der Waals surface area contributed by atoms with Crippen LogP contribution in [0, 0.1) is 18.2 Å². The molecule has 1 aromatic carbocycles. The normalized spacial score (nSPS) is 32.1. The summed E-state index contributed by atoms with van der Waals surface area (Å²) in [6.45, 7) is 6.13. The van der Waals surface area contributed by atoms with Gasteiger partial charge in [-0.1, -0.05) is 19.9 Å². The molecular weight excluding hydrogens is 239 g/mol. The average Bonchev–Trinajstić information content (AvgIpc) is 2.32. The van der Waals surface area contributed by atoms with Crippen LogP contribution in [0.4, 0.5) is 4.39 Å². The number of rotatable bonds is 3. The average molecular weight is 257 g/mol. The molecule has 0 saturated heterocycles. The van der Waals surface area contributed by atoms with Gasteiger partial charge in [-0.3, -0.25) is 0 Å². The second-order valence-electron chi connectivity index (χ2n) is 5.10. The summed E-state index contributed by atoms with van der Waals surface area (Å²) in [6, 6.07) is 4.93. The molecule has 0 spiro atoms. The summed E-state index contributed by atoms with van der Waals surface area (Å²) >= 11 is 6.21. The highest BCUT2D eigenvalue weighted by molar-refractivity contribution is 6.21. The first-order valence-electron chi connectivity index (χ1n) is 6.04. The Bertz CT molecular complexity index is 421. The van der Waals surface area contributed by atoms with E-state index in [1.807, 2.05) is 6.92 Å². The van der Waals surface area contributed by atoms with E-state index in [1.165, 1.54) is 6.07 Å². The summed E-state index contributed by atoms with van der Waals surface area (Å²) in [7, 11) is 0. The van der Waals surface area contributed by atoms with Crippen LogP contribution in [0.15, 0.2) is 18.2 Å². The molecule has 1 aromatic rings. The molecule has 2 rings (SSSR count). The molecule has 0 bridgehead atoms. The van der Waals surface area contributed by atoms with Gasteiger partial charge in [0.05, 0.1) is 0 Å². The summed E-state index contributed by atoms with van der Waals surface area (Å²) in [4.78, 5) is 0. The first-order chi connectivity index (χ1) is 7.97. The number of alkyl halides is 1. The van der Waals surface area contributed by atoms with Crippen molar-refractivity contribution in [2.75, 3.05) is 0 Å². The molecule has 0 N–H and O–H groups in total.